The van der Waals surface area contributed by atoms with Crippen molar-refractivity contribution < 1.29 is 19.4 Å². The van der Waals surface area contributed by atoms with Crippen LogP contribution in [0.3, 0.4) is 0 Å². The number of hydrogen-bond donors (Lipinski definition) is 1. The molecule has 5 heteroatoms. The van der Waals surface area contributed by atoms with Gasteiger partial charge < -0.3 is 14.7 Å². The van der Waals surface area contributed by atoms with E-state index in [4.69, 9.17) is 4.74 Å². The molecule has 0 radical (unpaired) electrons. The lowest BCUT2D eigenvalue weighted by atomic mass is 10.1. The summed E-state index contributed by atoms with van der Waals surface area (Å²) >= 11 is 0. The van der Waals surface area contributed by atoms with Crippen molar-refractivity contribution in [2.24, 2.45) is 0 Å². The van der Waals surface area contributed by atoms with Crippen LogP contribution in [0.5, 0.6) is 5.75 Å². The van der Waals surface area contributed by atoms with E-state index in [9.17, 15) is 14.7 Å². The first-order chi connectivity index (χ1) is 11.0. The lowest BCUT2D eigenvalue weighted by Gasteiger charge is -2.17. The van der Waals surface area contributed by atoms with Crippen LogP contribution in [-0.2, 0) is 16.1 Å². The number of nitrogens with zero attached hydrogens (tertiary/aromatic N) is 1. The van der Waals surface area contributed by atoms with E-state index in [-0.39, 0.29) is 23.8 Å². The fourth-order valence-corrected chi connectivity index (χ4v) is 1.97. The number of carbonyl (C=O) groups excluding carboxylic acids is 2. The lowest BCUT2D eigenvalue weighted by molar-refractivity contribution is -0.133. The maximum absolute atomic E-state index is 12.0. The molecule has 0 aromatic heterocycles. The van der Waals surface area contributed by atoms with Gasteiger partial charge in [-0.1, -0.05) is 29.8 Å². The average molecular weight is 313 g/mol. The third-order valence-corrected chi connectivity index (χ3v) is 3.40. The maximum Gasteiger partial charge on any atom is 0.338 e. The van der Waals surface area contributed by atoms with Gasteiger partial charge in [0.25, 0.3) is 5.91 Å². The molecule has 0 fully saturated rings. The van der Waals surface area contributed by atoms with Crippen LogP contribution in [0.2, 0.25) is 0 Å². The first-order valence-corrected chi connectivity index (χ1v) is 7.21. The highest BCUT2D eigenvalue weighted by atomic mass is 16.5. The van der Waals surface area contributed by atoms with Crippen molar-refractivity contribution in [1.82, 2.24) is 4.90 Å². The van der Waals surface area contributed by atoms with E-state index in [1.807, 2.05) is 31.2 Å². The van der Waals surface area contributed by atoms with Gasteiger partial charge in [0.15, 0.2) is 6.61 Å². The van der Waals surface area contributed by atoms with Crippen molar-refractivity contribution in [2.45, 2.75) is 13.5 Å². The van der Waals surface area contributed by atoms with E-state index in [2.05, 4.69) is 0 Å². The fourth-order valence-electron chi connectivity index (χ4n) is 1.97. The molecule has 1 N–H and O–H groups in total. The van der Waals surface area contributed by atoms with E-state index >= 15 is 0 Å². The smallest absolute Gasteiger partial charge is 0.338 e. The number of aryl methyl sites for hydroxylation is 1. The molecule has 0 saturated heterocycles. The van der Waals surface area contributed by atoms with Gasteiger partial charge in [-0.05, 0) is 36.8 Å². The summed E-state index contributed by atoms with van der Waals surface area (Å²) in [6.45, 7) is 2.14. The summed E-state index contributed by atoms with van der Waals surface area (Å²) in [5.41, 5.74) is 2.46. The molecule has 0 heterocycles. The summed E-state index contributed by atoms with van der Waals surface area (Å²) in [6.07, 6.45) is 0. The van der Waals surface area contributed by atoms with Crippen LogP contribution in [0.4, 0.5) is 0 Å². The van der Waals surface area contributed by atoms with Gasteiger partial charge in [-0.3, -0.25) is 4.79 Å². The molecule has 0 aliphatic rings. The SMILES string of the molecule is Cc1ccc(CN(C)C(=O)COC(=O)c2ccc(O)cc2)cc1. The zero-order valence-corrected chi connectivity index (χ0v) is 13.2. The van der Waals surface area contributed by atoms with Gasteiger partial charge in [-0.25, -0.2) is 4.79 Å². The van der Waals surface area contributed by atoms with Crippen molar-refractivity contribution >= 4 is 11.9 Å². The molecular formula is C18H19NO4. The molecule has 0 spiro atoms. The summed E-state index contributed by atoms with van der Waals surface area (Å²) in [7, 11) is 1.66. The minimum absolute atomic E-state index is 0.0652. The molecule has 23 heavy (non-hydrogen) atoms. The number of ether oxygens (including phenoxy) is 1. The molecule has 120 valence electrons. The normalized spacial score (nSPS) is 10.2. The number of benzene rings is 2. The van der Waals surface area contributed by atoms with E-state index in [1.165, 1.54) is 29.2 Å². The number of aromatic hydroxyl groups is 1. The van der Waals surface area contributed by atoms with Gasteiger partial charge in [0.2, 0.25) is 0 Å². The zero-order valence-electron chi connectivity index (χ0n) is 13.2. The predicted molar refractivity (Wildman–Crippen MR) is 86.0 cm³/mol. The Morgan fingerprint density at radius 3 is 2.26 bits per heavy atom. The molecule has 0 aliphatic heterocycles. The monoisotopic (exact) mass is 313 g/mol. The minimum Gasteiger partial charge on any atom is -0.508 e. The number of likely N-dealkylation sites (N-methyl/N-ethyl adjacent to an activating group) is 1. The van der Waals surface area contributed by atoms with Crippen molar-refractivity contribution in [3.63, 3.8) is 0 Å². The molecule has 0 saturated carbocycles. The van der Waals surface area contributed by atoms with Gasteiger partial charge >= 0.3 is 5.97 Å². The molecule has 5 nitrogen and oxygen atoms in total. The fraction of sp³-hybridized carbons (Fsp3) is 0.222. The van der Waals surface area contributed by atoms with Crippen LogP contribution >= 0.6 is 0 Å². The van der Waals surface area contributed by atoms with Crippen LogP contribution in [0.1, 0.15) is 21.5 Å². The average Bonchev–Trinajstić information content (AvgIpc) is 2.55. The number of hydrogen-bond acceptors (Lipinski definition) is 4. The van der Waals surface area contributed by atoms with Gasteiger partial charge in [0.05, 0.1) is 5.56 Å². The highest BCUT2D eigenvalue weighted by Crippen LogP contribution is 2.11. The topological polar surface area (TPSA) is 66.8 Å². The zero-order chi connectivity index (χ0) is 16.8. The van der Waals surface area contributed by atoms with Crippen molar-refractivity contribution in [2.75, 3.05) is 13.7 Å². The van der Waals surface area contributed by atoms with Crippen LogP contribution in [-0.4, -0.2) is 35.5 Å². The highest BCUT2D eigenvalue weighted by Gasteiger charge is 2.13. The second kappa shape index (κ2) is 7.45. The Labute approximate surface area is 135 Å². The minimum atomic E-state index is -0.595. The number of carbonyl (C=O) groups is 2. The molecule has 2 aromatic rings. The molecule has 2 aromatic carbocycles. The number of rotatable bonds is 5. The Bertz CT molecular complexity index is 677. The molecule has 0 bridgehead atoms. The Morgan fingerprint density at radius 2 is 1.65 bits per heavy atom. The van der Waals surface area contributed by atoms with Gasteiger partial charge in [0.1, 0.15) is 5.75 Å². The van der Waals surface area contributed by atoms with E-state index < -0.39 is 5.97 Å². The summed E-state index contributed by atoms with van der Waals surface area (Å²) < 4.78 is 5.00. The van der Waals surface area contributed by atoms with Crippen molar-refractivity contribution in [1.29, 1.82) is 0 Å². The van der Waals surface area contributed by atoms with Gasteiger partial charge in [0, 0.05) is 13.6 Å². The third-order valence-electron chi connectivity index (χ3n) is 3.40. The Hall–Kier alpha value is -2.82. The second-order valence-electron chi connectivity index (χ2n) is 5.36. The Morgan fingerprint density at radius 1 is 1.04 bits per heavy atom. The standard InChI is InChI=1S/C18H19NO4/c1-13-3-5-14(6-4-13)11-19(2)17(21)12-23-18(22)15-7-9-16(20)10-8-15/h3-10,20H,11-12H2,1-2H3. The van der Waals surface area contributed by atoms with Crippen molar-refractivity contribution in [3.05, 3.63) is 65.2 Å². The molecule has 0 aliphatic carbocycles. The summed E-state index contributed by atoms with van der Waals surface area (Å²) in [5, 5.41) is 9.17. The Balaban J connectivity index is 1.84. The van der Waals surface area contributed by atoms with Crippen LogP contribution < -0.4 is 0 Å². The third kappa shape index (κ3) is 4.85. The van der Waals surface area contributed by atoms with E-state index in [0.29, 0.717) is 6.54 Å². The van der Waals surface area contributed by atoms with E-state index in [1.54, 1.807) is 7.05 Å². The van der Waals surface area contributed by atoms with Crippen LogP contribution in [0.25, 0.3) is 0 Å². The number of esters is 1. The molecule has 2 rings (SSSR count). The first kappa shape index (κ1) is 16.5. The quantitative estimate of drug-likeness (QED) is 0.861. The Kier molecular flexibility index (Phi) is 5.36. The largest absolute Gasteiger partial charge is 0.508 e. The number of phenolic OH excluding ortho intramolecular Hbond substituents is 1. The van der Waals surface area contributed by atoms with Gasteiger partial charge in [-0.2, -0.15) is 0 Å². The molecule has 0 unspecified atom stereocenters. The van der Waals surface area contributed by atoms with Gasteiger partial charge in [-0.15, -0.1) is 0 Å². The van der Waals surface area contributed by atoms with Crippen LogP contribution in [0.15, 0.2) is 48.5 Å². The lowest BCUT2D eigenvalue weighted by Crippen LogP contribution is -2.30. The van der Waals surface area contributed by atoms with E-state index in [0.717, 1.165) is 11.1 Å². The summed E-state index contributed by atoms with van der Waals surface area (Å²) in [4.78, 5) is 25.3. The first-order valence-electron chi connectivity index (χ1n) is 7.21. The number of amides is 1. The second-order valence-corrected chi connectivity index (χ2v) is 5.36. The maximum atomic E-state index is 12.0. The summed E-state index contributed by atoms with van der Waals surface area (Å²) in [5.74, 6) is -0.810. The van der Waals surface area contributed by atoms with Crippen molar-refractivity contribution in [3.8, 4) is 5.75 Å². The predicted octanol–water partition coefficient (Wildman–Crippen LogP) is 2.52. The summed E-state index contributed by atoms with van der Waals surface area (Å²) in [6, 6.07) is 13.6. The highest BCUT2D eigenvalue weighted by molar-refractivity contribution is 5.91. The molecule has 0 atom stereocenters. The number of phenols is 1. The van der Waals surface area contributed by atoms with Crippen LogP contribution in [0, 0.1) is 6.92 Å². The molecule has 1 amide bonds. The molecular weight excluding hydrogens is 294 g/mol.